The summed E-state index contributed by atoms with van der Waals surface area (Å²) in [6, 6.07) is 13.6. The van der Waals surface area contributed by atoms with Crippen LogP contribution in [0.3, 0.4) is 0 Å². The molecular weight excluding hydrogens is 483 g/mol. The summed E-state index contributed by atoms with van der Waals surface area (Å²) in [5.74, 6) is 2.25. The van der Waals surface area contributed by atoms with Gasteiger partial charge in [0.15, 0.2) is 17.5 Å². The minimum absolute atomic E-state index is 0. The van der Waals surface area contributed by atoms with E-state index in [9.17, 15) is 4.79 Å². The first-order valence-electron chi connectivity index (χ1n) is 9.39. The van der Waals surface area contributed by atoms with Gasteiger partial charge in [0.25, 0.3) is 5.91 Å². The number of amides is 1. The number of nitrogens with zero attached hydrogens (tertiary/aromatic N) is 1. The van der Waals surface area contributed by atoms with E-state index in [4.69, 9.17) is 9.47 Å². The summed E-state index contributed by atoms with van der Waals surface area (Å²) in [5, 5.41) is 9.39. The summed E-state index contributed by atoms with van der Waals surface area (Å²) in [7, 11) is 1.74. The number of hydrogen-bond acceptors (Lipinski definition) is 4. The summed E-state index contributed by atoms with van der Waals surface area (Å²) in [5.41, 5.74) is 2.84. The van der Waals surface area contributed by atoms with Gasteiger partial charge in [0.1, 0.15) is 0 Å². The van der Waals surface area contributed by atoms with Crippen LogP contribution in [0.15, 0.2) is 47.5 Å². The molecule has 2 aromatic carbocycles. The van der Waals surface area contributed by atoms with Crippen molar-refractivity contribution in [1.29, 1.82) is 0 Å². The molecule has 1 aliphatic rings. The molecule has 0 radical (unpaired) electrons. The number of nitrogens with one attached hydrogen (secondary N) is 3. The minimum atomic E-state index is -0.0596. The Morgan fingerprint density at radius 3 is 2.66 bits per heavy atom. The standard InChI is InChI=1S/C21H26N4O3.HI/c1-3-23-20(26)17-6-4-5-16(11-17)13-25-21(22-2)24-10-9-15-7-8-18-19(12-15)28-14-27-18;/h4-8,11-12H,3,9-10,13-14H2,1-2H3,(H,23,26)(H2,22,24,25);1H. The maximum Gasteiger partial charge on any atom is 0.251 e. The van der Waals surface area contributed by atoms with E-state index >= 15 is 0 Å². The molecule has 2 aromatic rings. The van der Waals surface area contributed by atoms with Gasteiger partial charge in [0, 0.05) is 32.2 Å². The third-order valence-corrected chi connectivity index (χ3v) is 4.35. The van der Waals surface area contributed by atoms with Gasteiger partial charge in [0.2, 0.25) is 6.79 Å². The summed E-state index contributed by atoms with van der Waals surface area (Å²) in [6.45, 7) is 4.12. The highest BCUT2D eigenvalue weighted by Gasteiger charge is 2.13. The van der Waals surface area contributed by atoms with Crippen LogP contribution in [0, 0.1) is 0 Å². The Morgan fingerprint density at radius 1 is 1.03 bits per heavy atom. The lowest BCUT2D eigenvalue weighted by molar-refractivity contribution is 0.0955. The predicted octanol–water partition coefficient (Wildman–Crippen LogP) is 2.69. The Morgan fingerprint density at radius 2 is 1.86 bits per heavy atom. The van der Waals surface area contributed by atoms with E-state index < -0.39 is 0 Å². The molecule has 0 unspecified atom stereocenters. The number of halogens is 1. The number of guanidine groups is 1. The van der Waals surface area contributed by atoms with Crippen LogP contribution in [0.4, 0.5) is 0 Å². The van der Waals surface area contributed by atoms with Crippen LogP contribution in [-0.2, 0) is 13.0 Å². The van der Waals surface area contributed by atoms with E-state index in [2.05, 4.69) is 20.9 Å². The fraction of sp³-hybridized carbons (Fsp3) is 0.333. The lowest BCUT2D eigenvalue weighted by atomic mass is 10.1. The molecule has 0 atom stereocenters. The number of hydrogen-bond donors (Lipinski definition) is 3. The summed E-state index contributed by atoms with van der Waals surface area (Å²) in [4.78, 5) is 16.2. The first kappa shape index (κ1) is 22.8. The number of rotatable bonds is 7. The van der Waals surface area contributed by atoms with Crippen LogP contribution < -0.4 is 25.4 Å². The highest BCUT2D eigenvalue weighted by molar-refractivity contribution is 14.0. The topological polar surface area (TPSA) is 84.0 Å². The summed E-state index contributed by atoms with van der Waals surface area (Å²) >= 11 is 0. The number of aliphatic imine (C=N–C) groups is 1. The monoisotopic (exact) mass is 510 g/mol. The van der Waals surface area contributed by atoms with Gasteiger partial charge < -0.3 is 25.4 Å². The highest BCUT2D eigenvalue weighted by Crippen LogP contribution is 2.32. The number of carbonyl (C=O) groups excluding carboxylic acids is 1. The van der Waals surface area contributed by atoms with Gasteiger partial charge >= 0.3 is 0 Å². The van der Waals surface area contributed by atoms with Gasteiger partial charge in [0.05, 0.1) is 0 Å². The van der Waals surface area contributed by atoms with Gasteiger partial charge in [-0.1, -0.05) is 18.2 Å². The average Bonchev–Trinajstić information content (AvgIpc) is 3.19. The van der Waals surface area contributed by atoms with Crippen molar-refractivity contribution in [1.82, 2.24) is 16.0 Å². The second kappa shape index (κ2) is 11.5. The van der Waals surface area contributed by atoms with Crippen molar-refractivity contribution in [3.63, 3.8) is 0 Å². The van der Waals surface area contributed by atoms with E-state index in [0.29, 0.717) is 24.6 Å². The fourth-order valence-corrected chi connectivity index (χ4v) is 2.91. The molecule has 0 fully saturated rings. The molecule has 1 amide bonds. The zero-order chi connectivity index (χ0) is 19.8. The molecule has 0 saturated heterocycles. The second-order valence-electron chi connectivity index (χ2n) is 6.35. The Balaban J connectivity index is 0.00000300. The van der Waals surface area contributed by atoms with E-state index in [1.54, 1.807) is 7.05 Å². The zero-order valence-electron chi connectivity index (χ0n) is 16.7. The molecule has 0 bridgehead atoms. The molecule has 8 heteroatoms. The summed E-state index contributed by atoms with van der Waals surface area (Å²) < 4.78 is 10.7. The van der Waals surface area contributed by atoms with Crippen LogP contribution >= 0.6 is 24.0 Å². The first-order valence-corrected chi connectivity index (χ1v) is 9.39. The van der Waals surface area contributed by atoms with Gasteiger partial charge in [-0.3, -0.25) is 9.79 Å². The minimum Gasteiger partial charge on any atom is -0.454 e. The van der Waals surface area contributed by atoms with Crippen molar-refractivity contribution in [2.24, 2.45) is 4.99 Å². The van der Waals surface area contributed by atoms with E-state index in [1.165, 1.54) is 5.56 Å². The van der Waals surface area contributed by atoms with E-state index in [-0.39, 0.29) is 36.7 Å². The molecule has 1 aliphatic heterocycles. The molecule has 0 spiro atoms. The van der Waals surface area contributed by atoms with Crippen LogP contribution in [0.1, 0.15) is 28.4 Å². The van der Waals surface area contributed by atoms with Crippen molar-refractivity contribution in [3.05, 3.63) is 59.2 Å². The quantitative estimate of drug-likeness (QED) is 0.303. The third kappa shape index (κ3) is 6.52. The van der Waals surface area contributed by atoms with E-state index in [1.807, 2.05) is 49.4 Å². The number of carbonyl (C=O) groups is 1. The van der Waals surface area contributed by atoms with Gasteiger partial charge in [-0.05, 0) is 48.7 Å². The lowest BCUT2D eigenvalue weighted by Crippen LogP contribution is -2.37. The van der Waals surface area contributed by atoms with Crippen molar-refractivity contribution in [2.45, 2.75) is 19.9 Å². The molecular formula is C21H27IN4O3. The molecule has 0 saturated carbocycles. The van der Waals surface area contributed by atoms with Crippen LogP contribution in [0.2, 0.25) is 0 Å². The SMILES string of the molecule is CCNC(=O)c1cccc(CNC(=NC)NCCc2ccc3c(c2)OCO3)c1.I. The van der Waals surface area contributed by atoms with Crippen molar-refractivity contribution < 1.29 is 14.3 Å². The third-order valence-electron chi connectivity index (χ3n) is 4.35. The highest BCUT2D eigenvalue weighted by atomic mass is 127. The normalized spacial score (nSPS) is 12.1. The maximum atomic E-state index is 12.0. The lowest BCUT2D eigenvalue weighted by Gasteiger charge is -2.13. The van der Waals surface area contributed by atoms with Gasteiger partial charge in [-0.2, -0.15) is 0 Å². The fourth-order valence-electron chi connectivity index (χ4n) is 2.91. The smallest absolute Gasteiger partial charge is 0.251 e. The molecule has 29 heavy (non-hydrogen) atoms. The van der Waals surface area contributed by atoms with Crippen molar-refractivity contribution in [2.75, 3.05) is 26.9 Å². The maximum absolute atomic E-state index is 12.0. The van der Waals surface area contributed by atoms with Crippen LogP contribution in [0.5, 0.6) is 11.5 Å². The van der Waals surface area contributed by atoms with Gasteiger partial charge in [-0.15, -0.1) is 24.0 Å². The number of benzene rings is 2. The molecule has 3 rings (SSSR count). The van der Waals surface area contributed by atoms with Crippen molar-refractivity contribution >= 4 is 35.8 Å². The van der Waals surface area contributed by atoms with Crippen LogP contribution in [-0.4, -0.2) is 38.8 Å². The predicted molar refractivity (Wildman–Crippen MR) is 124 cm³/mol. The van der Waals surface area contributed by atoms with Gasteiger partial charge in [-0.25, -0.2) is 0 Å². The largest absolute Gasteiger partial charge is 0.454 e. The summed E-state index contributed by atoms with van der Waals surface area (Å²) in [6.07, 6.45) is 0.837. The zero-order valence-corrected chi connectivity index (χ0v) is 19.0. The number of ether oxygens (including phenoxy) is 2. The second-order valence-corrected chi connectivity index (χ2v) is 6.35. The van der Waals surface area contributed by atoms with Crippen molar-refractivity contribution in [3.8, 4) is 11.5 Å². The molecule has 0 aliphatic carbocycles. The Kier molecular flexibility index (Phi) is 9.04. The first-order chi connectivity index (χ1) is 13.7. The molecule has 3 N–H and O–H groups in total. The molecule has 156 valence electrons. The average molecular weight is 510 g/mol. The van der Waals surface area contributed by atoms with Crippen LogP contribution in [0.25, 0.3) is 0 Å². The molecule has 7 nitrogen and oxygen atoms in total. The Labute approximate surface area is 188 Å². The Bertz CT molecular complexity index is 858. The Hall–Kier alpha value is -2.49. The molecule has 0 aromatic heterocycles. The number of fused-ring (bicyclic) bond motifs is 1. The molecule has 1 heterocycles. The van der Waals surface area contributed by atoms with E-state index in [0.717, 1.165) is 30.0 Å².